The van der Waals surface area contributed by atoms with Gasteiger partial charge in [0.05, 0.1) is 0 Å². The number of benzene rings is 1. The van der Waals surface area contributed by atoms with Crippen molar-refractivity contribution in [3.8, 4) is 0 Å². The highest BCUT2D eigenvalue weighted by atomic mass is 19.1. The van der Waals surface area contributed by atoms with Crippen LogP contribution in [0.1, 0.15) is 45.1 Å². The Labute approximate surface area is 107 Å². The van der Waals surface area contributed by atoms with E-state index in [1.54, 1.807) is 0 Å². The van der Waals surface area contributed by atoms with Gasteiger partial charge in [0.1, 0.15) is 11.6 Å². The van der Waals surface area contributed by atoms with Gasteiger partial charge in [-0.25, -0.2) is 8.78 Å². The van der Waals surface area contributed by atoms with Crippen LogP contribution in [0.2, 0.25) is 0 Å². The summed E-state index contributed by atoms with van der Waals surface area (Å²) in [6.45, 7) is 4.29. The lowest BCUT2D eigenvalue weighted by Crippen LogP contribution is -2.56. The zero-order valence-electron chi connectivity index (χ0n) is 11.1. The Bertz CT molecular complexity index is 442. The molecule has 1 aliphatic rings. The van der Waals surface area contributed by atoms with Gasteiger partial charge in [0.2, 0.25) is 0 Å². The van der Waals surface area contributed by atoms with Crippen molar-refractivity contribution in [2.75, 3.05) is 0 Å². The Kier molecular flexibility index (Phi) is 3.45. The van der Waals surface area contributed by atoms with Crippen LogP contribution in [0.3, 0.4) is 0 Å². The lowest BCUT2D eigenvalue weighted by Gasteiger charge is -2.48. The first-order chi connectivity index (χ1) is 8.34. The Morgan fingerprint density at radius 1 is 1.17 bits per heavy atom. The van der Waals surface area contributed by atoms with E-state index in [2.05, 4.69) is 13.8 Å². The second-order valence-electron chi connectivity index (χ2n) is 6.16. The Hall–Kier alpha value is -0.960. The van der Waals surface area contributed by atoms with Crippen LogP contribution in [0.15, 0.2) is 18.2 Å². The van der Waals surface area contributed by atoms with Crippen LogP contribution >= 0.6 is 0 Å². The molecule has 0 heterocycles. The first-order valence-electron chi connectivity index (χ1n) is 6.57. The highest BCUT2D eigenvalue weighted by Gasteiger charge is 2.43. The molecule has 18 heavy (non-hydrogen) atoms. The number of hydrogen-bond donors (Lipinski definition) is 1. The summed E-state index contributed by atoms with van der Waals surface area (Å²) in [7, 11) is 0. The number of rotatable bonds is 2. The molecule has 0 radical (unpaired) electrons. The van der Waals surface area contributed by atoms with Gasteiger partial charge in [-0.15, -0.1) is 0 Å². The van der Waals surface area contributed by atoms with E-state index in [1.165, 1.54) is 18.6 Å². The van der Waals surface area contributed by atoms with Crippen molar-refractivity contribution in [3.63, 3.8) is 0 Å². The maximum atomic E-state index is 13.7. The lowest BCUT2D eigenvalue weighted by molar-refractivity contribution is 0.0982. The summed E-state index contributed by atoms with van der Waals surface area (Å²) in [6, 6.07) is 3.76. The predicted octanol–water partition coefficient (Wildman–Crippen LogP) is 3.81. The monoisotopic (exact) mass is 253 g/mol. The van der Waals surface area contributed by atoms with E-state index in [-0.39, 0.29) is 5.41 Å². The average molecular weight is 253 g/mol. The summed E-state index contributed by atoms with van der Waals surface area (Å²) in [6.07, 6.45) is 4.70. The van der Waals surface area contributed by atoms with Gasteiger partial charge in [0.15, 0.2) is 0 Å². The van der Waals surface area contributed by atoms with Gasteiger partial charge in [-0.2, -0.15) is 0 Å². The molecule has 0 saturated heterocycles. The number of hydrogen-bond acceptors (Lipinski definition) is 1. The zero-order valence-corrected chi connectivity index (χ0v) is 11.1. The molecule has 3 heteroatoms. The molecule has 0 amide bonds. The van der Waals surface area contributed by atoms with Crippen LogP contribution < -0.4 is 5.73 Å². The van der Waals surface area contributed by atoms with E-state index in [1.807, 2.05) is 0 Å². The van der Waals surface area contributed by atoms with Crippen molar-refractivity contribution in [1.29, 1.82) is 0 Å². The molecule has 1 saturated carbocycles. The lowest BCUT2D eigenvalue weighted by atomic mass is 9.61. The first-order valence-corrected chi connectivity index (χ1v) is 6.57. The molecule has 1 nitrogen and oxygen atoms in total. The minimum atomic E-state index is -0.537. The molecule has 0 aliphatic heterocycles. The topological polar surface area (TPSA) is 26.0 Å². The summed E-state index contributed by atoms with van der Waals surface area (Å²) in [5.41, 5.74) is 6.63. The van der Waals surface area contributed by atoms with E-state index >= 15 is 0 Å². The maximum absolute atomic E-state index is 13.7. The molecule has 0 spiro atoms. The van der Waals surface area contributed by atoms with Gasteiger partial charge in [-0.1, -0.05) is 32.8 Å². The zero-order chi connectivity index (χ0) is 13.4. The Morgan fingerprint density at radius 3 is 2.44 bits per heavy atom. The van der Waals surface area contributed by atoms with Gasteiger partial charge in [-0.05, 0) is 36.3 Å². The summed E-state index contributed by atoms with van der Waals surface area (Å²) in [5.74, 6) is -1.02. The van der Waals surface area contributed by atoms with E-state index < -0.39 is 17.2 Å². The second kappa shape index (κ2) is 4.61. The fourth-order valence-corrected chi connectivity index (χ4v) is 2.93. The highest BCUT2D eigenvalue weighted by molar-refractivity contribution is 5.22. The predicted molar refractivity (Wildman–Crippen MR) is 69.2 cm³/mol. The first kappa shape index (κ1) is 13.5. The molecule has 1 fully saturated rings. The Morgan fingerprint density at radius 2 is 1.83 bits per heavy atom. The molecule has 1 aromatic carbocycles. The fourth-order valence-electron chi connectivity index (χ4n) is 2.93. The average Bonchev–Trinajstić information content (AvgIpc) is 2.27. The van der Waals surface area contributed by atoms with Crippen LogP contribution in [-0.2, 0) is 6.42 Å². The standard InChI is InChI=1S/C15H21F2N/c1-14(2)7-3-4-8-15(14,18)10-11-5-6-12(16)9-13(11)17/h5-6,9H,3-4,7-8,10,18H2,1-2H3. The number of halogens is 2. The van der Waals surface area contributed by atoms with Crippen molar-refractivity contribution in [2.45, 2.75) is 51.5 Å². The van der Waals surface area contributed by atoms with Crippen molar-refractivity contribution in [2.24, 2.45) is 11.1 Å². The van der Waals surface area contributed by atoms with Gasteiger partial charge in [0, 0.05) is 11.6 Å². The van der Waals surface area contributed by atoms with Crippen LogP contribution in [0, 0.1) is 17.0 Å². The van der Waals surface area contributed by atoms with Crippen molar-refractivity contribution in [3.05, 3.63) is 35.4 Å². The molecule has 1 aromatic rings. The molecule has 100 valence electrons. The van der Waals surface area contributed by atoms with Gasteiger partial charge >= 0.3 is 0 Å². The van der Waals surface area contributed by atoms with Crippen LogP contribution in [0.5, 0.6) is 0 Å². The molecule has 1 unspecified atom stereocenters. The third kappa shape index (κ3) is 2.41. The van der Waals surface area contributed by atoms with E-state index in [4.69, 9.17) is 5.73 Å². The van der Waals surface area contributed by atoms with Crippen molar-refractivity contribution in [1.82, 2.24) is 0 Å². The smallest absolute Gasteiger partial charge is 0.129 e. The van der Waals surface area contributed by atoms with E-state index in [9.17, 15) is 8.78 Å². The minimum Gasteiger partial charge on any atom is -0.324 e. The maximum Gasteiger partial charge on any atom is 0.129 e. The normalized spacial score (nSPS) is 27.2. The van der Waals surface area contributed by atoms with Gasteiger partial charge in [-0.3, -0.25) is 0 Å². The quantitative estimate of drug-likeness (QED) is 0.852. The number of nitrogens with two attached hydrogens (primary N) is 1. The molecule has 2 rings (SSSR count). The van der Waals surface area contributed by atoms with Gasteiger partial charge in [0.25, 0.3) is 0 Å². The minimum absolute atomic E-state index is 0.00786. The fraction of sp³-hybridized carbons (Fsp3) is 0.600. The molecule has 0 bridgehead atoms. The molecule has 0 aromatic heterocycles. The molecule has 2 N–H and O–H groups in total. The molecular weight excluding hydrogens is 232 g/mol. The largest absolute Gasteiger partial charge is 0.324 e. The summed E-state index contributed by atoms with van der Waals surface area (Å²) in [4.78, 5) is 0. The van der Waals surface area contributed by atoms with Crippen molar-refractivity contribution >= 4 is 0 Å². The third-order valence-electron chi connectivity index (χ3n) is 4.54. The van der Waals surface area contributed by atoms with Crippen LogP contribution in [0.25, 0.3) is 0 Å². The second-order valence-corrected chi connectivity index (χ2v) is 6.16. The third-order valence-corrected chi connectivity index (χ3v) is 4.54. The molecule has 1 atom stereocenters. The summed E-state index contributed by atoms with van der Waals surface area (Å²) >= 11 is 0. The Balaban J connectivity index is 2.26. The van der Waals surface area contributed by atoms with Gasteiger partial charge < -0.3 is 5.73 Å². The van der Waals surface area contributed by atoms with Crippen molar-refractivity contribution < 1.29 is 8.78 Å². The highest BCUT2D eigenvalue weighted by Crippen LogP contribution is 2.44. The molecular formula is C15H21F2N. The van der Waals surface area contributed by atoms with E-state index in [0.29, 0.717) is 12.0 Å². The summed E-state index contributed by atoms with van der Waals surface area (Å²) in [5, 5.41) is 0. The SMILES string of the molecule is CC1(C)CCCCC1(N)Cc1ccc(F)cc1F. The summed E-state index contributed by atoms with van der Waals surface area (Å²) < 4.78 is 26.6. The molecule has 1 aliphatic carbocycles. The van der Waals surface area contributed by atoms with Crippen LogP contribution in [-0.4, -0.2) is 5.54 Å². The van der Waals surface area contributed by atoms with E-state index in [0.717, 1.165) is 25.3 Å². The van der Waals surface area contributed by atoms with Crippen LogP contribution in [0.4, 0.5) is 8.78 Å².